The van der Waals surface area contributed by atoms with Gasteiger partial charge in [0, 0.05) is 29.4 Å². The van der Waals surface area contributed by atoms with Crippen LogP contribution in [0.5, 0.6) is 0 Å². The summed E-state index contributed by atoms with van der Waals surface area (Å²) in [6.07, 6.45) is 6.49. The smallest absolute Gasteiger partial charge is 0.331 e. The van der Waals surface area contributed by atoms with Crippen LogP contribution in [0.4, 0.5) is 0 Å². The van der Waals surface area contributed by atoms with Gasteiger partial charge in [-0.1, -0.05) is 158 Å². The fourth-order valence-corrected chi connectivity index (χ4v) is 4.97. The molecule has 348 valence electrons. The van der Waals surface area contributed by atoms with Crippen molar-refractivity contribution < 1.29 is 59.4 Å². The van der Waals surface area contributed by atoms with Crippen molar-refractivity contribution in [1.82, 2.24) is 0 Å². The first-order valence-electron chi connectivity index (χ1n) is 20.6. The Morgan fingerprint density at radius 3 is 0.983 bits per heavy atom. The second-order valence-corrected chi connectivity index (χ2v) is 16.7. The zero-order valence-electron chi connectivity index (χ0n) is 40.7. The summed E-state index contributed by atoms with van der Waals surface area (Å²) < 4.78 is 0. The van der Waals surface area contributed by atoms with Crippen LogP contribution in [-0.4, -0.2) is 66.5 Å². The molecule has 12 nitrogen and oxygen atoms in total. The summed E-state index contributed by atoms with van der Waals surface area (Å²) in [6, 6.07) is 0. The molecule has 0 saturated carbocycles. The van der Waals surface area contributed by atoms with Crippen molar-refractivity contribution in [3.05, 3.63) is 69.9 Å². The zero-order valence-corrected chi connectivity index (χ0v) is 40.7. The lowest BCUT2D eigenvalue weighted by atomic mass is 9.88. The van der Waals surface area contributed by atoms with Gasteiger partial charge in [-0.25, -0.2) is 24.0 Å². The van der Waals surface area contributed by atoms with E-state index in [9.17, 15) is 28.8 Å². The fourth-order valence-electron chi connectivity index (χ4n) is 4.97. The van der Waals surface area contributed by atoms with Crippen molar-refractivity contribution in [2.45, 2.75) is 151 Å². The van der Waals surface area contributed by atoms with Gasteiger partial charge in [0.15, 0.2) is 0 Å². The van der Waals surface area contributed by atoms with Crippen LogP contribution < -0.4 is 0 Å². The molecular formula is C48H84O12. The molecule has 0 amide bonds. The lowest BCUT2D eigenvalue weighted by molar-refractivity contribution is -0.136. The highest BCUT2D eigenvalue weighted by molar-refractivity contribution is 5.87. The number of carbonyl (C=O) groups is 6. The summed E-state index contributed by atoms with van der Waals surface area (Å²) in [6.45, 7) is 42.5. The number of aliphatic carboxylic acids is 6. The van der Waals surface area contributed by atoms with E-state index in [0.29, 0.717) is 52.6 Å². The number of hydrogen-bond donors (Lipinski definition) is 6. The molecule has 60 heavy (non-hydrogen) atoms. The molecule has 0 aliphatic heterocycles. The number of carboxylic acids is 6. The number of carboxylic acid groups (broad SMARTS) is 6. The van der Waals surface area contributed by atoms with Gasteiger partial charge in [0.1, 0.15) is 0 Å². The number of rotatable bonds is 16. The van der Waals surface area contributed by atoms with Crippen molar-refractivity contribution in [2.24, 2.45) is 47.3 Å². The van der Waals surface area contributed by atoms with Crippen LogP contribution in [0, 0.1) is 47.3 Å². The molecule has 6 N–H and O–H groups in total. The minimum Gasteiger partial charge on any atom is -0.481 e. The molecule has 0 unspecified atom stereocenters. The maximum atomic E-state index is 10.7. The molecular weight excluding hydrogens is 769 g/mol. The average Bonchev–Trinajstić information content (AvgIpc) is 3.05. The van der Waals surface area contributed by atoms with Gasteiger partial charge < -0.3 is 30.6 Å². The maximum Gasteiger partial charge on any atom is 0.331 e. The van der Waals surface area contributed by atoms with E-state index in [0.717, 1.165) is 34.3 Å². The third kappa shape index (κ3) is 44.4. The van der Waals surface area contributed by atoms with E-state index in [2.05, 4.69) is 6.58 Å². The summed E-state index contributed by atoms with van der Waals surface area (Å²) in [5.41, 5.74) is 5.64. The Balaban J connectivity index is -0.000000146. The van der Waals surface area contributed by atoms with Gasteiger partial charge in [0.2, 0.25) is 0 Å². The highest BCUT2D eigenvalue weighted by atomic mass is 16.4. The molecule has 0 rings (SSSR count). The largest absolute Gasteiger partial charge is 0.481 e. The highest BCUT2D eigenvalue weighted by Crippen LogP contribution is 2.23. The quantitative estimate of drug-likeness (QED) is 0.0630. The summed E-state index contributed by atoms with van der Waals surface area (Å²) in [5.74, 6) is -2.40. The standard InChI is InChI=1S/C10H18O2.C9H16O2.C8H14O2.3C7H12O2/c1-6(2)9(7(3)4)8(5)10(11)12;1-6(2)8(7(3)4)5-9(10)11;1-4-7(6(2)3)5-8(9)10;2*1-5(2)6(3)4-7(8)9;1-5(2)4-6(3)7(8)9/h6-7H,1-5H3,(H,11,12);5-7H,1-4H3,(H,10,11);5-6H,4H2,1-3H3,(H,9,10);4-5H,1-3H3,(H,8,9);5H,3-4H2,1-2H3,(H,8,9);4-5H,1-3H3,(H,8,9)/b;;7-5+;6-4+;;6-4+. The summed E-state index contributed by atoms with van der Waals surface area (Å²) >= 11 is 0. The lowest BCUT2D eigenvalue weighted by Gasteiger charge is -2.17. The molecule has 0 aromatic rings. The molecule has 0 aromatic heterocycles. The predicted octanol–water partition coefficient (Wildman–Crippen LogP) is 12.1. The predicted molar refractivity (Wildman–Crippen MR) is 245 cm³/mol. The van der Waals surface area contributed by atoms with Crippen molar-refractivity contribution in [2.75, 3.05) is 0 Å². The Hall–Kier alpha value is -4.74. The Kier molecular flexibility index (Phi) is 41.7. The molecule has 0 aliphatic carbocycles. The van der Waals surface area contributed by atoms with E-state index in [-0.39, 0.29) is 12.3 Å². The Morgan fingerprint density at radius 2 is 0.883 bits per heavy atom. The highest BCUT2D eigenvalue weighted by Gasteiger charge is 2.15. The Labute approximate surface area is 363 Å². The minimum absolute atomic E-state index is 0.0949. The molecule has 0 aromatic carbocycles. The molecule has 0 spiro atoms. The third-order valence-electron chi connectivity index (χ3n) is 8.46. The van der Waals surface area contributed by atoms with Crippen LogP contribution in [0.25, 0.3) is 0 Å². The zero-order chi connectivity index (χ0) is 49.4. The van der Waals surface area contributed by atoms with E-state index in [1.807, 2.05) is 125 Å². The van der Waals surface area contributed by atoms with E-state index in [1.54, 1.807) is 19.9 Å². The molecule has 0 aliphatic rings. The molecule has 0 radical (unpaired) electrons. The van der Waals surface area contributed by atoms with Crippen LogP contribution in [0.1, 0.15) is 151 Å². The molecule has 12 heteroatoms. The van der Waals surface area contributed by atoms with Crippen LogP contribution in [0.2, 0.25) is 0 Å². The van der Waals surface area contributed by atoms with Crippen LogP contribution >= 0.6 is 0 Å². The van der Waals surface area contributed by atoms with Gasteiger partial charge in [-0.05, 0) is 74.5 Å². The molecule has 0 saturated heterocycles. The van der Waals surface area contributed by atoms with Gasteiger partial charge in [-0.3, -0.25) is 4.79 Å². The monoisotopic (exact) mass is 853 g/mol. The third-order valence-corrected chi connectivity index (χ3v) is 8.46. The van der Waals surface area contributed by atoms with Crippen molar-refractivity contribution in [1.29, 1.82) is 0 Å². The number of allylic oxidation sites excluding steroid dienone is 5. The Bertz CT molecular complexity index is 1460. The van der Waals surface area contributed by atoms with E-state index < -0.39 is 35.8 Å². The lowest BCUT2D eigenvalue weighted by Crippen LogP contribution is -2.10. The van der Waals surface area contributed by atoms with Gasteiger partial charge in [0.05, 0.1) is 6.42 Å². The second kappa shape index (κ2) is 37.3. The molecule has 0 heterocycles. The van der Waals surface area contributed by atoms with Gasteiger partial charge in [-0.2, -0.15) is 0 Å². The van der Waals surface area contributed by atoms with E-state index in [4.69, 9.17) is 30.6 Å². The van der Waals surface area contributed by atoms with Crippen LogP contribution in [-0.2, 0) is 28.8 Å². The first kappa shape index (κ1) is 67.0. The van der Waals surface area contributed by atoms with E-state index in [1.165, 1.54) is 18.2 Å². The first-order valence-corrected chi connectivity index (χ1v) is 20.6. The normalized spacial score (nSPS) is 11.2. The Morgan fingerprint density at radius 1 is 0.500 bits per heavy atom. The van der Waals surface area contributed by atoms with Crippen molar-refractivity contribution in [3.63, 3.8) is 0 Å². The minimum atomic E-state index is -0.860. The van der Waals surface area contributed by atoms with Gasteiger partial charge in [0.25, 0.3) is 0 Å². The summed E-state index contributed by atoms with van der Waals surface area (Å²) in [7, 11) is 0. The molecule has 0 fully saturated rings. The van der Waals surface area contributed by atoms with Crippen LogP contribution in [0.15, 0.2) is 69.9 Å². The molecule has 0 atom stereocenters. The van der Waals surface area contributed by atoms with Gasteiger partial charge in [-0.15, -0.1) is 0 Å². The molecule has 0 bridgehead atoms. The summed E-state index contributed by atoms with van der Waals surface area (Å²) in [5, 5.41) is 50.6. The van der Waals surface area contributed by atoms with Crippen molar-refractivity contribution in [3.8, 4) is 0 Å². The maximum absolute atomic E-state index is 10.7. The second-order valence-electron chi connectivity index (χ2n) is 16.7. The first-order chi connectivity index (χ1) is 27.0. The van der Waals surface area contributed by atoms with Crippen LogP contribution in [0.3, 0.4) is 0 Å². The van der Waals surface area contributed by atoms with Gasteiger partial charge >= 0.3 is 35.8 Å². The van der Waals surface area contributed by atoms with E-state index >= 15 is 0 Å². The SMILES string of the molecule is C/C(=C\C(=O)O)C(C)C.C/C(=C\C(C)C)C(=O)O.C=C(CC(=O)O)C(C)C.CC(C(=O)O)=C(C(C)C)C(C)C.CC(C)C(=CC(=O)O)C(C)C.CC/C(=C\C(=O)O)C(C)C. The topological polar surface area (TPSA) is 224 Å². The number of hydrogen-bond acceptors (Lipinski definition) is 6. The fraction of sp³-hybridized carbons (Fsp3) is 0.625. The summed E-state index contributed by atoms with van der Waals surface area (Å²) in [4.78, 5) is 61.5. The average molecular weight is 853 g/mol. The van der Waals surface area contributed by atoms with Crippen molar-refractivity contribution >= 4 is 35.8 Å².